The molecule has 0 aliphatic carbocycles. The third-order valence-corrected chi connectivity index (χ3v) is 3.58. The lowest BCUT2D eigenvalue weighted by atomic mass is 10.3. The second-order valence-corrected chi connectivity index (χ2v) is 5.56. The lowest BCUT2D eigenvalue weighted by molar-refractivity contribution is 0.179. The molecule has 1 unspecified atom stereocenters. The van der Waals surface area contributed by atoms with E-state index in [0.29, 0.717) is 13.2 Å². The molecule has 1 heterocycles. The summed E-state index contributed by atoms with van der Waals surface area (Å²) in [4.78, 5) is 9.24. The Labute approximate surface area is 138 Å². The van der Waals surface area contributed by atoms with Gasteiger partial charge in [0, 0.05) is 26.2 Å². The van der Waals surface area contributed by atoms with Gasteiger partial charge < -0.3 is 19.9 Å². The van der Waals surface area contributed by atoms with Crippen LogP contribution in [0.25, 0.3) is 11.0 Å². The van der Waals surface area contributed by atoms with E-state index >= 15 is 0 Å². The second kappa shape index (κ2) is 8.53. The number of aryl methyl sites for hydroxylation is 1. The van der Waals surface area contributed by atoms with E-state index in [-0.39, 0.29) is 6.04 Å². The number of nitrogens with one attached hydrogen (secondary N) is 2. The van der Waals surface area contributed by atoms with Crippen LogP contribution in [0.15, 0.2) is 29.3 Å². The van der Waals surface area contributed by atoms with E-state index in [1.807, 2.05) is 25.1 Å². The van der Waals surface area contributed by atoms with E-state index in [4.69, 9.17) is 4.74 Å². The van der Waals surface area contributed by atoms with Crippen molar-refractivity contribution >= 4 is 17.0 Å². The number of guanidine groups is 1. The van der Waals surface area contributed by atoms with Gasteiger partial charge in [0.2, 0.25) is 0 Å². The van der Waals surface area contributed by atoms with Gasteiger partial charge in [-0.15, -0.1) is 0 Å². The Kier molecular flexibility index (Phi) is 6.40. The molecule has 2 rings (SSSR count). The SMILES string of the molecule is CCNC(=NCCn1c(C)nc2ccccc21)NC(C)COC. The predicted octanol–water partition coefficient (Wildman–Crippen LogP) is 1.93. The summed E-state index contributed by atoms with van der Waals surface area (Å²) in [7, 11) is 1.70. The smallest absolute Gasteiger partial charge is 0.191 e. The van der Waals surface area contributed by atoms with Crippen LogP contribution in [0, 0.1) is 6.92 Å². The average Bonchev–Trinajstić information content (AvgIpc) is 2.83. The molecule has 6 heteroatoms. The van der Waals surface area contributed by atoms with Crippen LogP contribution in [-0.2, 0) is 11.3 Å². The molecule has 2 aromatic rings. The van der Waals surface area contributed by atoms with Crippen molar-refractivity contribution in [1.29, 1.82) is 0 Å². The van der Waals surface area contributed by atoms with Gasteiger partial charge in [0.1, 0.15) is 5.82 Å². The summed E-state index contributed by atoms with van der Waals surface area (Å²) in [5, 5.41) is 6.60. The van der Waals surface area contributed by atoms with Gasteiger partial charge in [0.25, 0.3) is 0 Å². The highest BCUT2D eigenvalue weighted by Gasteiger charge is 2.07. The van der Waals surface area contributed by atoms with Gasteiger partial charge in [0.05, 0.1) is 24.2 Å². The van der Waals surface area contributed by atoms with Gasteiger partial charge >= 0.3 is 0 Å². The molecule has 1 aromatic heterocycles. The van der Waals surface area contributed by atoms with Crippen molar-refractivity contribution in [3.63, 3.8) is 0 Å². The van der Waals surface area contributed by atoms with Crippen LogP contribution < -0.4 is 10.6 Å². The van der Waals surface area contributed by atoms with Crippen LogP contribution in [0.2, 0.25) is 0 Å². The second-order valence-electron chi connectivity index (χ2n) is 5.56. The number of hydrogen-bond donors (Lipinski definition) is 2. The molecule has 0 fully saturated rings. The zero-order chi connectivity index (χ0) is 16.7. The molecule has 0 saturated heterocycles. The fourth-order valence-electron chi connectivity index (χ4n) is 2.59. The number of hydrogen-bond acceptors (Lipinski definition) is 3. The van der Waals surface area contributed by atoms with E-state index in [1.165, 1.54) is 0 Å². The van der Waals surface area contributed by atoms with Gasteiger partial charge in [-0.3, -0.25) is 4.99 Å². The zero-order valence-corrected chi connectivity index (χ0v) is 14.5. The highest BCUT2D eigenvalue weighted by molar-refractivity contribution is 5.80. The molecule has 0 amide bonds. The summed E-state index contributed by atoms with van der Waals surface area (Å²) >= 11 is 0. The summed E-state index contributed by atoms with van der Waals surface area (Å²) in [5.41, 5.74) is 2.19. The first kappa shape index (κ1) is 17.3. The van der Waals surface area contributed by atoms with Crippen LogP contribution in [0.5, 0.6) is 0 Å². The van der Waals surface area contributed by atoms with E-state index in [1.54, 1.807) is 7.11 Å². The number of rotatable bonds is 7. The van der Waals surface area contributed by atoms with E-state index in [2.05, 4.69) is 45.1 Å². The molecule has 23 heavy (non-hydrogen) atoms. The number of fused-ring (bicyclic) bond motifs is 1. The van der Waals surface area contributed by atoms with E-state index < -0.39 is 0 Å². The van der Waals surface area contributed by atoms with E-state index in [0.717, 1.165) is 35.9 Å². The number of imidazole rings is 1. The van der Waals surface area contributed by atoms with Gasteiger partial charge in [-0.25, -0.2) is 4.98 Å². The molecule has 0 aliphatic rings. The maximum atomic E-state index is 5.15. The molecule has 0 spiro atoms. The van der Waals surface area contributed by atoms with Crippen LogP contribution in [0.3, 0.4) is 0 Å². The van der Waals surface area contributed by atoms with Crippen LogP contribution in [0.4, 0.5) is 0 Å². The highest BCUT2D eigenvalue weighted by Crippen LogP contribution is 2.14. The molecule has 6 nitrogen and oxygen atoms in total. The Balaban J connectivity index is 2.03. The predicted molar refractivity (Wildman–Crippen MR) is 94.9 cm³/mol. The number of nitrogens with zero attached hydrogens (tertiary/aromatic N) is 3. The van der Waals surface area contributed by atoms with Crippen molar-refractivity contribution in [2.45, 2.75) is 33.4 Å². The Morgan fingerprint density at radius 2 is 2.17 bits per heavy atom. The van der Waals surface area contributed by atoms with Crippen molar-refractivity contribution in [3.05, 3.63) is 30.1 Å². The Morgan fingerprint density at radius 3 is 2.91 bits per heavy atom. The summed E-state index contributed by atoms with van der Waals surface area (Å²) in [6.45, 7) is 9.15. The van der Waals surface area contributed by atoms with Crippen molar-refractivity contribution in [3.8, 4) is 0 Å². The minimum Gasteiger partial charge on any atom is -0.383 e. The molecule has 1 aromatic carbocycles. The molecule has 0 radical (unpaired) electrons. The minimum absolute atomic E-state index is 0.216. The first-order chi connectivity index (χ1) is 11.2. The third kappa shape index (κ3) is 4.69. The van der Waals surface area contributed by atoms with Crippen LogP contribution >= 0.6 is 0 Å². The molecule has 2 N–H and O–H groups in total. The first-order valence-corrected chi connectivity index (χ1v) is 8.11. The highest BCUT2D eigenvalue weighted by atomic mass is 16.5. The maximum absolute atomic E-state index is 5.15. The number of aromatic nitrogens is 2. The molecule has 0 bridgehead atoms. The molecular formula is C17H27N5O. The van der Waals surface area contributed by atoms with Gasteiger partial charge in [-0.05, 0) is 32.9 Å². The first-order valence-electron chi connectivity index (χ1n) is 8.11. The van der Waals surface area contributed by atoms with E-state index in [9.17, 15) is 0 Å². The Morgan fingerprint density at radius 1 is 1.39 bits per heavy atom. The third-order valence-electron chi connectivity index (χ3n) is 3.58. The number of ether oxygens (including phenoxy) is 1. The number of methoxy groups -OCH3 is 1. The lowest BCUT2D eigenvalue weighted by Crippen LogP contribution is -2.44. The Bertz CT molecular complexity index is 649. The quantitative estimate of drug-likeness (QED) is 0.605. The standard InChI is InChI=1S/C17H27N5O/c1-5-18-17(20-13(2)12-23-4)19-10-11-22-14(3)21-15-8-6-7-9-16(15)22/h6-9,13H,5,10-12H2,1-4H3,(H2,18,19,20). The van der Waals surface area contributed by atoms with Crippen LogP contribution in [0.1, 0.15) is 19.7 Å². The van der Waals surface area contributed by atoms with Crippen molar-refractivity contribution < 1.29 is 4.74 Å². The lowest BCUT2D eigenvalue weighted by Gasteiger charge is -2.17. The fourth-order valence-corrected chi connectivity index (χ4v) is 2.59. The zero-order valence-electron chi connectivity index (χ0n) is 14.5. The fraction of sp³-hybridized carbons (Fsp3) is 0.529. The number of para-hydroxylation sites is 2. The molecule has 1 atom stereocenters. The average molecular weight is 317 g/mol. The summed E-state index contributed by atoms with van der Waals surface area (Å²) in [6, 6.07) is 8.42. The summed E-state index contributed by atoms with van der Waals surface area (Å²) < 4.78 is 7.36. The van der Waals surface area contributed by atoms with Crippen LogP contribution in [-0.4, -0.2) is 48.4 Å². The topological polar surface area (TPSA) is 63.5 Å². The molecule has 0 saturated carbocycles. The van der Waals surface area contributed by atoms with Gasteiger partial charge in [-0.2, -0.15) is 0 Å². The molecular weight excluding hydrogens is 290 g/mol. The molecule has 0 aliphatic heterocycles. The largest absolute Gasteiger partial charge is 0.383 e. The van der Waals surface area contributed by atoms with Crippen molar-refractivity contribution in [1.82, 2.24) is 20.2 Å². The summed E-state index contributed by atoms with van der Waals surface area (Å²) in [5.74, 6) is 1.84. The van der Waals surface area contributed by atoms with Gasteiger partial charge in [-0.1, -0.05) is 12.1 Å². The van der Waals surface area contributed by atoms with Gasteiger partial charge in [0.15, 0.2) is 5.96 Å². The molecule has 126 valence electrons. The number of benzene rings is 1. The Hall–Kier alpha value is -2.08. The normalized spacial score (nSPS) is 13.3. The van der Waals surface area contributed by atoms with Crippen molar-refractivity contribution in [2.24, 2.45) is 4.99 Å². The van der Waals surface area contributed by atoms with Crippen molar-refractivity contribution in [2.75, 3.05) is 26.8 Å². The summed E-state index contributed by atoms with van der Waals surface area (Å²) in [6.07, 6.45) is 0. The number of aliphatic imine (C=N–C) groups is 1. The maximum Gasteiger partial charge on any atom is 0.191 e. The minimum atomic E-state index is 0.216. The monoisotopic (exact) mass is 317 g/mol.